The lowest BCUT2D eigenvalue weighted by Gasteiger charge is -2.39. The standard InChI is InChI=1S/C17H30N2O/c1-6-16(19(7-2)14(3)13-20-5)17(18-4)15-11-9-8-10-12-15/h8-12,14,16-18H,6-7,13H2,1-5H3. The predicted molar refractivity (Wildman–Crippen MR) is 86.0 cm³/mol. The molecule has 0 saturated heterocycles. The Hall–Kier alpha value is -0.900. The summed E-state index contributed by atoms with van der Waals surface area (Å²) >= 11 is 0. The van der Waals surface area contributed by atoms with Gasteiger partial charge in [-0.05, 0) is 32.5 Å². The molecule has 1 aromatic rings. The summed E-state index contributed by atoms with van der Waals surface area (Å²) in [7, 11) is 3.83. The Balaban J connectivity index is 2.95. The summed E-state index contributed by atoms with van der Waals surface area (Å²) in [6.45, 7) is 8.55. The minimum absolute atomic E-state index is 0.348. The largest absolute Gasteiger partial charge is 0.383 e. The highest BCUT2D eigenvalue weighted by Gasteiger charge is 2.28. The monoisotopic (exact) mass is 278 g/mol. The molecule has 3 heteroatoms. The van der Waals surface area contributed by atoms with Crippen LogP contribution in [0, 0.1) is 0 Å². The van der Waals surface area contributed by atoms with Gasteiger partial charge in [0.25, 0.3) is 0 Å². The Morgan fingerprint density at radius 3 is 2.30 bits per heavy atom. The second kappa shape index (κ2) is 9.11. The first-order valence-corrected chi connectivity index (χ1v) is 7.66. The molecule has 0 radical (unpaired) electrons. The van der Waals surface area contributed by atoms with E-state index in [9.17, 15) is 0 Å². The van der Waals surface area contributed by atoms with Crippen LogP contribution < -0.4 is 5.32 Å². The lowest BCUT2D eigenvalue weighted by molar-refractivity contribution is 0.0577. The fourth-order valence-electron chi connectivity index (χ4n) is 3.11. The summed E-state index contributed by atoms with van der Waals surface area (Å²) in [5, 5.41) is 3.50. The van der Waals surface area contributed by atoms with Crippen molar-refractivity contribution in [2.45, 2.75) is 45.3 Å². The first-order chi connectivity index (χ1) is 9.69. The molecule has 0 saturated carbocycles. The molecular weight excluding hydrogens is 248 g/mol. The van der Waals surface area contributed by atoms with Gasteiger partial charge in [-0.25, -0.2) is 0 Å². The van der Waals surface area contributed by atoms with E-state index in [0.29, 0.717) is 18.1 Å². The van der Waals surface area contributed by atoms with Crippen molar-refractivity contribution in [1.29, 1.82) is 0 Å². The van der Waals surface area contributed by atoms with E-state index in [4.69, 9.17) is 4.74 Å². The van der Waals surface area contributed by atoms with Crippen molar-refractivity contribution in [1.82, 2.24) is 10.2 Å². The average Bonchev–Trinajstić information content (AvgIpc) is 2.48. The van der Waals surface area contributed by atoms with Crippen LogP contribution >= 0.6 is 0 Å². The number of nitrogens with zero attached hydrogens (tertiary/aromatic N) is 1. The maximum absolute atomic E-state index is 5.34. The van der Waals surface area contributed by atoms with Crippen molar-refractivity contribution < 1.29 is 4.74 Å². The van der Waals surface area contributed by atoms with E-state index in [1.807, 2.05) is 0 Å². The fraction of sp³-hybridized carbons (Fsp3) is 0.647. The Labute approximate surface area is 124 Å². The quantitative estimate of drug-likeness (QED) is 0.751. The summed E-state index contributed by atoms with van der Waals surface area (Å²) in [6, 6.07) is 12.0. The van der Waals surface area contributed by atoms with E-state index >= 15 is 0 Å². The van der Waals surface area contributed by atoms with Crippen LogP contribution in [-0.2, 0) is 4.74 Å². The van der Waals surface area contributed by atoms with Crippen LogP contribution in [0.2, 0.25) is 0 Å². The summed E-state index contributed by atoms with van der Waals surface area (Å²) < 4.78 is 5.34. The minimum Gasteiger partial charge on any atom is -0.383 e. The van der Waals surface area contributed by atoms with E-state index in [2.05, 4.69) is 68.4 Å². The van der Waals surface area contributed by atoms with Crippen molar-refractivity contribution in [2.24, 2.45) is 0 Å². The molecule has 0 fully saturated rings. The van der Waals surface area contributed by atoms with Crippen LogP contribution in [0.25, 0.3) is 0 Å². The maximum Gasteiger partial charge on any atom is 0.0615 e. The summed E-state index contributed by atoms with van der Waals surface area (Å²) in [4.78, 5) is 2.54. The molecule has 0 aliphatic rings. The highest BCUT2D eigenvalue weighted by molar-refractivity contribution is 5.20. The van der Waals surface area contributed by atoms with Gasteiger partial charge in [0.05, 0.1) is 6.61 Å². The van der Waals surface area contributed by atoms with Crippen LogP contribution in [0.15, 0.2) is 30.3 Å². The van der Waals surface area contributed by atoms with E-state index in [1.165, 1.54) is 5.56 Å². The molecule has 0 aromatic heterocycles. The van der Waals surface area contributed by atoms with Crippen molar-refractivity contribution in [2.75, 3.05) is 27.3 Å². The van der Waals surface area contributed by atoms with E-state index in [-0.39, 0.29) is 0 Å². The van der Waals surface area contributed by atoms with Crippen molar-refractivity contribution in [3.05, 3.63) is 35.9 Å². The van der Waals surface area contributed by atoms with Crippen molar-refractivity contribution >= 4 is 0 Å². The van der Waals surface area contributed by atoms with Gasteiger partial charge in [0, 0.05) is 25.2 Å². The third kappa shape index (κ3) is 4.30. The zero-order valence-corrected chi connectivity index (χ0v) is 13.6. The van der Waals surface area contributed by atoms with Crippen LogP contribution in [0.4, 0.5) is 0 Å². The second-order valence-corrected chi connectivity index (χ2v) is 5.29. The molecule has 3 atom stereocenters. The van der Waals surface area contributed by atoms with E-state index in [0.717, 1.165) is 19.6 Å². The number of hydrogen-bond acceptors (Lipinski definition) is 3. The Morgan fingerprint density at radius 1 is 1.20 bits per heavy atom. The predicted octanol–water partition coefficient (Wildman–Crippen LogP) is 3.08. The maximum atomic E-state index is 5.34. The highest BCUT2D eigenvalue weighted by Crippen LogP contribution is 2.24. The SMILES string of the molecule is CCC(C(NC)c1ccccc1)N(CC)C(C)COC. The van der Waals surface area contributed by atoms with Crippen LogP contribution in [0.5, 0.6) is 0 Å². The topological polar surface area (TPSA) is 24.5 Å². The number of nitrogens with one attached hydrogen (secondary N) is 1. The van der Waals surface area contributed by atoms with Gasteiger partial charge >= 0.3 is 0 Å². The van der Waals surface area contributed by atoms with Gasteiger partial charge in [-0.2, -0.15) is 0 Å². The van der Waals surface area contributed by atoms with Gasteiger partial charge in [0.1, 0.15) is 0 Å². The number of benzene rings is 1. The van der Waals surface area contributed by atoms with Crippen LogP contribution in [0.1, 0.15) is 38.8 Å². The molecule has 0 aliphatic carbocycles. The highest BCUT2D eigenvalue weighted by atomic mass is 16.5. The average molecular weight is 278 g/mol. The van der Waals surface area contributed by atoms with Gasteiger partial charge in [-0.15, -0.1) is 0 Å². The van der Waals surface area contributed by atoms with Crippen molar-refractivity contribution in [3.8, 4) is 0 Å². The molecular formula is C17H30N2O. The van der Waals surface area contributed by atoms with Gasteiger partial charge < -0.3 is 10.1 Å². The summed E-state index contributed by atoms with van der Waals surface area (Å²) in [5.74, 6) is 0. The molecule has 3 nitrogen and oxygen atoms in total. The van der Waals surface area contributed by atoms with E-state index < -0.39 is 0 Å². The molecule has 0 spiro atoms. The molecule has 1 rings (SSSR count). The molecule has 0 bridgehead atoms. The third-order valence-corrected chi connectivity index (χ3v) is 4.04. The molecule has 0 amide bonds. The second-order valence-electron chi connectivity index (χ2n) is 5.29. The van der Waals surface area contributed by atoms with Gasteiger partial charge in [-0.1, -0.05) is 44.2 Å². The number of methoxy groups -OCH3 is 1. The lowest BCUT2D eigenvalue weighted by atomic mass is 9.95. The summed E-state index contributed by atoms with van der Waals surface area (Å²) in [6.07, 6.45) is 1.11. The lowest BCUT2D eigenvalue weighted by Crippen LogP contribution is -2.49. The number of likely N-dealkylation sites (N-methyl/N-ethyl adjacent to an activating group) is 2. The number of hydrogen-bond donors (Lipinski definition) is 1. The third-order valence-electron chi connectivity index (χ3n) is 4.04. The normalized spacial score (nSPS) is 16.1. The van der Waals surface area contributed by atoms with E-state index in [1.54, 1.807) is 7.11 Å². The van der Waals surface area contributed by atoms with Gasteiger partial charge in [0.15, 0.2) is 0 Å². The smallest absolute Gasteiger partial charge is 0.0615 e. The molecule has 114 valence electrons. The zero-order chi connectivity index (χ0) is 15.0. The molecule has 0 aliphatic heterocycles. The first kappa shape index (κ1) is 17.2. The number of ether oxygens (including phenoxy) is 1. The zero-order valence-electron chi connectivity index (χ0n) is 13.6. The molecule has 0 heterocycles. The molecule has 1 N–H and O–H groups in total. The Bertz CT molecular complexity index is 355. The fourth-order valence-corrected chi connectivity index (χ4v) is 3.11. The van der Waals surface area contributed by atoms with Crippen LogP contribution in [-0.4, -0.2) is 44.3 Å². The van der Waals surface area contributed by atoms with Gasteiger partial charge in [-0.3, -0.25) is 4.90 Å². The molecule has 1 aromatic carbocycles. The molecule has 3 unspecified atom stereocenters. The van der Waals surface area contributed by atoms with Gasteiger partial charge in [0.2, 0.25) is 0 Å². The number of rotatable bonds is 9. The Morgan fingerprint density at radius 2 is 1.85 bits per heavy atom. The van der Waals surface area contributed by atoms with Crippen molar-refractivity contribution in [3.63, 3.8) is 0 Å². The summed E-state index contributed by atoms with van der Waals surface area (Å²) in [5.41, 5.74) is 1.35. The first-order valence-electron chi connectivity index (χ1n) is 7.66. The Kier molecular flexibility index (Phi) is 7.82. The molecule has 20 heavy (non-hydrogen) atoms. The van der Waals surface area contributed by atoms with Crippen LogP contribution in [0.3, 0.4) is 0 Å². The minimum atomic E-state index is 0.348.